The molecule has 37 heavy (non-hydrogen) atoms. The van der Waals surface area contributed by atoms with Crippen LogP contribution in [-0.2, 0) is 13.1 Å². The zero-order valence-electron chi connectivity index (χ0n) is 26.2. The molecule has 2 nitrogen and oxygen atoms in total. The molecule has 218 valence electrons. The third kappa shape index (κ3) is 19.0. The van der Waals surface area contributed by atoms with Crippen molar-refractivity contribution in [3.63, 3.8) is 0 Å². The van der Waals surface area contributed by atoms with E-state index in [0.29, 0.717) is 5.92 Å². The molecule has 1 aromatic rings. The van der Waals surface area contributed by atoms with Gasteiger partial charge in [0.1, 0.15) is 12.4 Å². The summed E-state index contributed by atoms with van der Waals surface area (Å²) in [5.74, 6) is 2.15. The van der Waals surface area contributed by atoms with Crippen LogP contribution in [0.3, 0.4) is 0 Å². The molecule has 0 bridgehead atoms. The van der Waals surface area contributed by atoms with Crippen LogP contribution in [0.25, 0.3) is 0 Å². The molecule has 0 spiro atoms. The third-order valence-corrected chi connectivity index (χ3v) is 8.29. The lowest BCUT2D eigenvalue weighted by Gasteiger charge is -2.08. The van der Waals surface area contributed by atoms with Crippen LogP contribution in [0.2, 0.25) is 0 Å². The molecule has 0 aliphatic rings. The van der Waals surface area contributed by atoms with Crippen LogP contribution in [-0.4, -0.2) is 4.57 Å². The molecule has 1 aromatic heterocycles. The average molecular weight is 518 g/mol. The minimum absolute atomic E-state index is 0.606. The summed E-state index contributed by atoms with van der Waals surface area (Å²) in [6, 6.07) is 0. The van der Waals surface area contributed by atoms with Gasteiger partial charge in [-0.05, 0) is 25.7 Å². The zero-order chi connectivity index (χ0) is 26.8. The summed E-state index contributed by atoms with van der Waals surface area (Å²) in [5.41, 5.74) is 0. The highest BCUT2D eigenvalue weighted by atomic mass is 15.1. The van der Waals surface area contributed by atoms with E-state index in [1.807, 2.05) is 0 Å². The van der Waals surface area contributed by atoms with Crippen molar-refractivity contribution in [3.8, 4) is 0 Å². The van der Waals surface area contributed by atoms with E-state index in [2.05, 4.69) is 49.2 Å². The van der Waals surface area contributed by atoms with E-state index in [0.717, 1.165) is 0 Å². The van der Waals surface area contributed by atoms with Gasteiger partial charge >= 0.3 is 0 Å². The maximum atomic E-state index is 2.56. The predicted molar refractivity (Wildman–Crippen MR) is 165 cm³/mol. The van der Waals surface area contributed by atoms with Crippen LogP contribution in [0.1, 0.15) is 200 Å². The van der Waals surface area contributed by atoms with Crippen molar-refractivity contribution in [2.24, 2.45) is 0 Å². The van der Waals surface area contributed by atoms with Crippen LogP contribution in [0, 0.1) is 0 Å². The molecule has 0 fully saturated rings. The van der Waals surface area contributed by atoms with E-state index in [4.69, 9.17) is 0 Å². The first-order valence-corrected chi connectivity index (χ1v) is 17.3. The van der Waals surface area contributed by atoms with Crippen LogP contribution < -0.4 is 4.57 Å². The van der Waals surface area contributed by atoms with Gasteiger partial charge in [-0.2, -0.15) is 0 Å². The van der Waals surface area contributed by atoms with Crippen LogP contribution >= 0.6 is 0 Å². The van der Waals surface area contributed by atoms with Crippen LogP contribution in [0.15, 0.2) is 12.4 Å². The summed E-state index contributed by atoms with van der Waals surface area (Å²) in [4.78, 5) is 0. The first-order valence-electron chi connectivity index (χ1n) is 17.3. The number of imidazole rings is 1. The van der Waals surface area contributed by atoms with Gasteiger partial charge in [0, 0.05) is 0 Å². The fourth-order valence-electron chi connectivity index (χ4n) is 5.94. The second-order valence-electron chi connectivity index (χ2n) is 12.3. The molecular formula is C35H69N2+. The standard InChI is InChI=1S/C35H69N2/c1-5-7-9-11-13-15-17-18-19-20-21-23-25-27-29-31-37-33-32-36(35(37)34(3)4)30-28-26-24-22-16-14-12-10-8-6-2/h32-34H,5-31H2,1-4H3/q+1. The summed E-state index contributed by atoms with van der Waals surface area (Å²) in [7, 11) is 0. The van der Waals surface area contributed by atoms with E-state index in [-0.39, 0.29) is 0 Å². The molecule has 1 rings (SSSR count). The third-order valence-electron chi connectivity index (χ3n) is 8.29. The largest absolute Gasteiger partial charge is 0.258 e. The molecule has 2 heteroatoms. The van der Waals surface area contributed by atoms with Crippen molar-refractivity contribution in [1.82, 2.24) is 4.57 Å². The number of nitrogens with zero attached hydrogens (tertiary/aromatic N) is 2. The van der Waals surface area contributed by atoms with E-state index in [9.17, 15) is 0 Å². The van der Waals surface area contributed by atoms with Gasteiger partial charge < -0.3 is 0 Å². The highest BCUT2D eigenvalue weighted by Gasteiger charge is 2.20. The van der Waals surface area contributed by atoms with Crippen molar-refractivity contribution in [3.05, 3.63) is 18.2 Å². The second kappa shape index (κ2) is 25.5. The van der Waals surface area contributed by atoms with Crippen LogP contribution in [0.5, 0.6) is 0 Å². The van der Waals surface area contributed by atoms with Gasteiger partial charge in [-0.15, -0.1) is 0 Å². The second-order valence-corrected chi connectivity index (χ2v) is 12.3. The first-order chi connectivity index (χ1) is 18.2. The molecule has 0 amide bonds. The fourth-order valence-corrected chi connectivity index (χ4v) is 5.94. The highest BCUT2D eigenvalue weighted by molar-refractivity contribution is 4.89. The normalized spacial score (nSPS) is 11.7. The molecule has 0 atom stereocenters. The Morgan fingerprint density at radius 3 is 1.24 bits per heavy atom. The minimum atomic E-state index is 0.606. The lowest BCUT2D eigenvalue weighted by Crippen LogP contribution is -2.38. The smallest absolute Gasteiger partial charge is 0.234 e. The maximum absolute atomic E-state index is 2.56. The van der Waals surface area contributed by atoms with Crippen molar-refractivity contribution >= 4 is 0 Å². The number of aromatic nitrogens is 2. The van der Waals surface area contributed by atoms with Crippen molar-refractivity contribution in [2.75, 3.05) is 0 Å². The zero-order valence-corrected chi connectivity index (χ0v) is 26.2. The summed E-state index contributed by atoms with van der Waals surface area (Å²) in [6.45, 7) is 11.8. The van der Waals surface area contributed by atoms with Gasteiger partial charge in [0.15, 0.2) is 0 Å². The molecular weight excluding hydrogens is 448 g/mol. The van der Waals surface area contributed by atoms with E-state index in [1.165, 1.54) is 174 Å². The van der Waals surface area contributed by atoms with Crippen molar-refractivity contribution in [2.45, 2.75) is 207 Å². The van der Waals surface area contributed by atoms with Gasteiger partial charge in [0.2, 0.25) is 0 Å². The quantitative estimate of drug-likeness (QED) is 0.0771. The number of hydrogen-bond acceptors (Lipinski definition) is 0. The summed E-state index contributed by atoms with van der Waals surface area (Å²) >= 11 is 0. The van der Waals surface area contributed by atoms with E-state index >= 15 is 0 Å². The molecule has 0 unspecified atom stereocenters. The molecule has 0 saturated heterocycles. The molecule has 0 N–H and O–H groups in total. The SMILES string of the molecule is CCCCCCCCCCCCCCCCC[n+]1ccn(CCCCCCCCCCCC)c1C(C)C. The Morgan fingerprint density at radius 1 is 0.514 bits per heavy atom. The van der Waals surface area contributed by atoms with Gasteiger partial charge in [-0.3, -0.25) is 0 Å². The summed E-state index contributed by atoms with van der Waals surface area (Å²) < 4.78 is 5.11. The number of unbranched alkanes of at least 4 members (excludes halogenated alkanes) is 23. The molecule has 0 saturated carbocycles. The maximum Gasteiger partial charge on any atom is 0.258 e. The molecule has 0 radical (unpaired) electrons. The number of rotatable bonds is 28. The lowest BCUT2D eigenvalue weighted by atomic mass is 10.0. The van der Waals surface area contributed by atoms with Crippen molar-refractivity contribution < 1.29 is 4.57 Å². The number of aryl methyl sites for hydroxylation is 2. The average Bonchev–Trinajstić information content (AvgIpc) is 3.30. The Labute approximate surface area is 234 Å². The Kier molecular flexibility index (Phi) is 23.6. The van der Waals surface area contributed by atoms with Gasteiger partial charge in [-0.1, -0.05) is 163 Å². The number of hydrogen-bond donors (Lipinski definition) is 0. The summed E-state index contributed by atoms with van der Waals surface area (Å²) in [6.07, 6.45) is 40.5. The first kappa shape index (κ1) is 34.2. The molecule has 1 heterocycles. The molecule has 0 aliphatic carbocycles. The monoisotopic (exact) mass is 518 g/mol. The minimum Gasteiger partial charge on any atom is -0.234 e. The molecule has 0 aliphatic heterocycles. The summed E-state index contributed by atoms with van der Waals surface area (Å²) in [5, 5.41) is 0. The van der Waals surface area contributed by atoms with Gasteiger partial charge in [-0.25, -0.2) is 9.13 Å². The van der Waals surface area contributed by atoms with Crippen molar-refractivity contribution in [1.29, 1.82) is 0 Å². The lowest BCUT2D eigenvalue weighted by molar-refractivity contribution is -0.705. The van der Waals surface area contributed by atoms with E-state index < -0.39 is 0 Å². The fraction of sp³-hybridized carbons (Fsp3) is 0.914. The van der Waals surface area contributed by atoms with Gasteiger partial charge in [0.05, 0.1) is 19.0 Å². The Hall–Kier alpha value is -0.790. The Bertz CT molecular complexity index is 588. The predicted octanol–water partition coefficient (Wildman–Crippen LogP) is 11.7. The molecule has 0 aromatic carbocycles. The van der Waals surface area contributed by atoms with Gasteiger partial charge in [0.25, 0.3) is 5.82 Å². The highest BCUT2D eigenvalue weighted by Crippen LogP contribution is 2.16. The van der Waals surface area contributed by atoms with Crippen LogP contribution in [0.4, 0.5) is 0 Å². The van der Waals surface area contributed by atoms with E-state index in [1.54, 1.807) is 5.82 Å². The Balaban J connectivity index is 2.04. The Morgan fingerprint density at radius 2 is 0.865 bits per heavy atom. The topological polar surface area (TPSA) is 8.81 Å².